The van der Waals surface area contributed by atoms with E-state index in [1.165, 1.54) is 11.6 Å². The Labute approximate surface area is 106 Å². The SMILES string of the molecule is CC(C)=CCNCc1cccc(/C(N)=N/O)c1F. The highest BCUT2D eigenvalue weighted by Crippen LogP contribution is 2.12. The highest BCUT2D eigenvalue weighted by molar-refractivity contribution is 5.97. The average Bonchev–Trinajstić information content (AvgIpc) is 2.35. The monoisotopic (exact) mass is 251 g/mol. The zero-order valence-corrected chi connectivity index (χ0v) is 10.6. The molecule has 4 N–H and O–H groups in total. The fourth-order valence-corrected chi connectivity index (χ4v) is 1.45. The molecule has 0 spiro atoms. The molecule has 0 bridgehead atoms. The van der Waals surface area contributed by atoms with Crippen molar-refractivity contribution in [2.75, 3.05) is 6.54 Å². The van der Waals surface area contributed by atoms with Crippen LogP contribution in [0.4, 0.5) is 4.39 Å². The van der Waals surface area contributed by atoms with Crippen LogP contribution in [-0.4, -0.2) is 17.6 Å². The number of benzene rings is 1. The van der Waals surface area contributed by atoms with Crippen molar-refractivity contribution in [2.45, 2.75) is 20.4 Å². The average molecular weight is 251 g/mol. The van der Waals surface area contributed by atoms with Crippen molar-refractivity contribution in [2.24, 2.45) is 10.9 Å². The molecular weight excluding hydrogens is 233 g/mol. The van der Waals surface area contributed by atoms with Gasteiger partial charge in [0.1, 0.15) is 5.82 Å². The zero-order chi connectivity index (χ0) is 13.5. The Hall–Kier alpha value is -1.88. The molecule has 1 rings (SSSR count). The van der Waals surface area contributed by atoms with Crippen molar-refractivity contribution in [3.63, 3.8) is 0 Å². The molecule has 0 saturated carbocycles. The molecule has 0 fully saturated rings. The van der Waals surface area contributed by atoms with Crippen molar-refractivity contribution in [3.05, 3.63) is 46.8 Å². The van der Waals surface area contributed by atoms with E-state index in [1.807, 2.05) is 19.9 Å². The molecule has 18 heavy (non-hydrogen) atoms. The van der Waals surface area contributed by atoms with Crippen LogP contribution in [0.3, 0.4) is 0 Å². The third-order valence-corrected chi connectivity index (χ3v) is 2.43. The number of amidine groups is 1. The van der Waals surface area contributed by atoms with Gasteiger partial charge in [0.15, 0.2) is 5.84 Å². The molecule has 4 nitrogen and oxygen atoms in total. The largest absolute Gasteiger partial charge is 0.409 e. The number of rotatable bonds is 5. The summed E-state index contributed by atoms with van der Waals surface area (Å²) < 4.78 is 14.0. The maximum atomic E-state index is 14.0. The Kier molecular flexibility index (Phi) is 5.32. The summed E-state index contributed by atoms with van der Waals surface area (Å²) in [5.74, 6) is -0.684. The van der Waals surface area contributed by atoms with E-state index in [-0.39, 0.29) is 11.4 Å². The van der Waals surface area contributed by atoms with Gasteiger partial charge in [0.05, 0.1) is 5.56 Å². The minimum Gasteiger partial charge on any atom is -0.409 e. The second-order valence-electron chi connectivity index (χ2n) is 4.18. The topological polar surface area (TPSA) is 70.6 Å². The summed E-state index contributed by atoms with van der Waals surface area (Å²) in [5.41, 5.74) is 7.19. The van der Waals surface area contributed by atoms with Gasteiger partial charge >= 0.3 is 0 Å². The maximum Gasteiger partial charge on any atom is 0.173 e. The highest BCUT2D eigenvalue weighted by Gasteiger charge is 2.10. The third-order valence-electron chi connectivity index (χ3n) is 2.43. The van der Waals surface area contributed by atoms with Gasteiger partial charge in [0, 0.05) is 18.7 Å². The Balaban J connectivity index is 2.76. The summed E-state index contributed by atoms with van der Waals surface area (Å²) in [6.45, 7) is 5.07. The minimum absolute atomic E-state index is 0.110. The lowest BCUT2D eigenvalue weighted by Crippen LogP contribution is -2.19. The second kappa shape index (κ2) is 6.76. The first-order valence-corrected chi connectivity index (χ1v) is 5.65. The molecule has 0 aliphatic rings. The number of oxime groups is 1. The summed E-state index contributed by atoms with van der Waals surface area (Å²) in [7, 11) is 0. The molecule has 1 aromatic rings. The Morgan fingerprint density at radius 2 is 2.22 bits per heavy atom. The van der Waals surface area contributed by atoms with Crippen LogP contribution in [0.25, 0.3) is 0 Å². The Bertz CT molecular complexity index is 465. The van der Waals surface area contributed by atoms with E-state index < -0.39 is 5.82 Å². The first-order valence-electron chi connectivity index (χ1n) is 5.65. The van der Waals surface area contributed by atoms with Crippen molar-refractivity contribution in [1.29, 1.82) is 0 Å². The number of halogens is 1. The van der Waals surface area contributed by atoms with Crippen molar-refractivity contribution < 1.29 is 9.60 Å². The number of nitrogens with one attached hydrogen (secondary N) is 1. The van der Waals surface area contributed by atoms with Gasteiger partial charge in [-0.25, -0.2) is 4.39 Å². The highest BCUT2D eigenvalue weighted by atomic mass is 19.1. The van der Waals surface area contributed by atoms with Crippen LogP contribution in [0.1, 0.15) is 25.0 Å². The maximum absolute atomic E-state index is 14.0. The number of allylic oxidation sites excluding steroid dienone is 1. The lowest BCUT2D eigenvalue weighted by Gasteiger charge is -2.07. The summed E-state index contributed by atoms with van der Waals surface area (Å²) in [4.78, 5) is 0. The molecule has 0 amide bonds. The molecule has 0 radical (unpaired) electrons. The summed E-state index contributed by atoms with van der Waals surface area (Å²) >= 11 is 0. The van der Waals surface area contributed by atoms with Gasteiger partial charge in [-0.15, -0.1) is 0 Å². The molecule has 98 valence electrons. The van der Waals surface area contributed by atoms with E-state index in [9.17, 15) is 4.39 Å². The molecule has 1 aromatic carbocycles. The molecule has 0 atom stereocenters. The van der Waals surface area contributed by atoms with Gasteiger partial charge in [0.2, 0.25) is 0 Å². The standard InChI is InChI=1S/C13H18FN3O/c1-9(2)6-7-16-8-10-4-3-5-11(12(10)14)13(15)17-18/h3-6,16,18H,7-8H2,1-2H3,(H2,15,17). The first-order chi connectivity index (χ1) is 8.56. The number of nitrogens with two attached hydrogens (primary N) is 1. The number of nitrogens with zero attached hydrogens (tertiary/aromatic N) is 1. The fourth-order valence-electron chi connectivity index (χ4n) is 1.45. The summed E-state index contributed by atoms with van der Waals surface area (Å²) in [5, 5.41) is 14.5. The molecule has 5 heteroatoms. The molecule has 0 unspecified atom stereocenters. The molecule has 0 saturated heterocycles. The van der Waals surface area contributed by atoms with Crippen molar-refractivity contribution >= 4 is 5.84 Å². The second-order valence-corrected chi connectivity index (χ2v) is 4.18. The zero-order valence-electron chi connectivity index (χ0n) is 10.6. The van der Waals surface area contributed by atoms with E-state index in [0.717, 1.165) is 0 Å². The van der Waals surface area contributed by atoms with E-state index in [4.69, 9.17) is 10.9 Å². The van der Waals surface area contributed by atoms with Crippen LogP contribution in [-0.2, 0) is 6.54 Å². The minimum atomic E-state index is -0.461. The fraction of sp³-hybridized carbons (Fsp3) is 0.308. The van der Waals surface area contributed by atoms with Crippen LogP contribution < -0.4 is 11.1 Å². The Morgan fingerprint density at radius 1 is 1.50 bits per heavy atom. The first kappa shape index (κ1) is 14.2. The van der Waals surface area contributed by atoms with E-state index in [1.54, 1.807) is 12.1 Å². The summed E-state index contributed by atoms with van der Waals surface area (Å²) in [6, 6.07) is 4.82. The van der Waals surface area contributed by atoms with Gasteiger partial charge in [-0.05, 0) is 19.9 Å². The van der Waals surface area contributed by atoms with Crippen LogP contribution in [0.5, 0.6) is 0 Å². The predicted molar refractivity (Wildman–Crippen MR) is 70.0 cm³/mol. The van der Waals surface area contributed by atoms with Crippen LogP contribution >= 0.6 is 0 Å². The van der Waals surface area contributed by atoms with Crippen molar-refractivity contribution in [1.82, 2.24) is 5.32 Å². The quantitative estimate of drug-likeness (QED) is 0.187. The van der Waals surface area contributed by atoms with Crippen LogP contribution in [0.2, 0.25) is 0 Å². The van der Waals surface area contributed by atoms with E-state index in [0.29, 0.717) is 18.7 Å². The lowest BCUT2D eigenvalue weighted by atomic mass is 10.1. The van der Waals surface area contributed by atoms with Gasteiger partial charge < -0.3 is 16.3 Å². The molecular formula is C13H18FN3O. The van der Waals surface area contributed by atoms with Gasteiger partial charge in [-0.2, -0.15) is 0 Å². The van der Waals surface area contributed by atoms with Crippen molar-refractivity contribution in [3.8, 4) is 0 Å². The molecule has 0 heterocycles. The molecule has 0 aliphatic heterocycles. The molecule has 0 aromatic heterocycles. The normalized spacial score (nSPS) is 11.4. The summed E-state index contributed by atoms with van der Waals surface area (Å²) in [6.07, 6.45) is 2.02. The third kappa shape index (κ3) is 3.85. The van der Waals surface area contributed by atoms with Gasteiger partial charge in [-0.1, -0.05) is 28.9 Å². The number of hydrogen-bond acceptors (Lipinski definition) is 3. The van der Waals surface area contributed by atoms with Gasteiger partial charge in [0.25, 0.3) is 0 Å². The predicted octanol–water partition coefficient (Wildman–Crippen LogP) is 1.98. The smallest absolute Gasteiger partial charge is 0.173 e. The van der Waals surface area contributed by atoms with E-state index >= 15 is 0 Å². The van der Waals surface area contributed by atoms with Crippen LogP contribution in [0, 0.1) is 5.82 Å². The lowest BCUT2D eigenvalue weighted by molar-refractivity contribution is 0.318. The van der Waals surface area contributed by atoms with Gasteiger partial charge in [-0.3, -0.25) is 0 Å². The number of hydrogen-bond donors (Lipinski definition) is 3. The van der Waals surface area contributed by atoms with Crippen LogP contribution in [0.15, 0.2) is 35.0 Å². The Morgan fingerprint density at radius 3 is 2.83 bits per heavy atom. The van der Waals surface area contributed by atoms with E-state index in [2.05, 4.69) is 10.5 Å². The molecule has 0 aliphatic carbocycles.